The van der Waals surface area contributed by atoms with E-state index in [9.17, 15) is 4.79 Å². The monoisotopic (exact) mass is 313 g/mol. The van der Waals surface area contributed by atoms with Gasteiger partial charge in [0.1, 0.15) is 0 Å². The van der Waals surface area contributed by atoms with Gasteiger partial charge in [0.2, 0.25) is 5.91 Å². The summed E-state index contributed by atoms with van der Waals surface area (Å²) in [6, 6.07) is 0. The van der Waals surface area contributed by atoms with Crippen LogP contribution in [0.3, 0.4) is 0 Å². The van der Waals surface area contributed by atoms with Crippen molar-refractivity contribution in [2.45, 2.75) is 96.8 Å². The van der Waals surface area contributed by atoms with Gasteiger partial charge < -0.3 is 11.1 Å². The molecule has 0 saturated heterocycles. The number of amides is 1. The highest BCUT2D eigenvalue weighted by Gasteiger charge is 1.99. The SMILES string of the molecule is CCCCCCCCCCCCCCCC(=O)NCNCN. The average Bonchev–Trinajstić information content (AvgIpc) is 2.52. The third-order valence-corrected chi connectivity index (χ3v) is 4.06. The zero-order chi connectivity index (χ0) is 16.3. The third kappa shape index (κ3) is 17.4. The summed E-state index contributed by atoms with van der Waals surface area (Å²) in [5, 5.41) is 5.67. The van der Waals surface area contributed by atoms with Crippen LogP contribution >= 0.6 is 0 Å². The van der Waals surface area contributed by atoms with Crippen molar-refractivity contribution in [3.63, 3.8) is 0 Å². The van der Waals surface area contributed by atoms with E-state index in [1.807, 2.05) is 0 Å². The zero-order valence-corrected chi connectivity index (χ0v) is 14.8. The van der Waals surface area contributed by atoms with Crippen molar-refractivity contribution in [3.05, 3.63) is 0 Å². The topological polar surface area (TPSA) is 67.2 Å². The molecule has 22 heavy (non-hydrogen) atoms. The van der Waals surface area contributed by atoms with Crippen LogP contribution in [0.1, 0.15) is 96.8 Å². The maximum atomic E-state index is 11.4. The summed E-state index contributed by atoms with van der Waals surface area (Å²) in [6.45, 7) is 3.15. The molecule has 0 unspecified atom stereocenters. The number of rotatable bonds is 17. The van der Waals surface area contributed by atoms with Crippen molar-refractivity contribution in [2.75, 3.05) is 13.3 Å². The Bertz CT molecular complexity index is 234. The minimum absolute atomic E-state index is 0.129. The number of hydrogen-bond donors (Lipinski definition) is 3. The van der Waals surface area contributed by atoms with Gasteiger partial charge in [-0.2, -0.15) is 0 Å². The van der Waals surface area contributed by atoms with Crippen LogP contribution in [0.25, 0.3) is 0 Å². The number of nitrogens with two attached hydrogens (primary N) is 1. The minimum atomic E-state index is 0.129. The van der Waals surface area contributed by atoms with Crippen molar-refractivity contribution in [1.82, 2.24) is 10.6 Å². The van der Waals surface area contributed by atoms with Crippen LogP contribution in [0.15, 0.2) is 0 Å². The average molecular weight is 314 g/mol. The largest absolute Gasteiger partial charge is 0.344 e. The second-order valence-corrected chi connectivity index (χ2v) is 6.22. The summed E-state index contributed by atoms with van der Waals surface area (Å²) >= 11 is 0. The van der Waals surface area contributed by atoms with Crippen molar-refractivity contribution in [2.24, 2.45) is 5.73 Å². The van der Waals surface area contributed by atoms with Gasteiger partial charge in [-0.25, -0.2) is 0 Å². The fraction of sp³-hybridized carbons (Fsp3) is 0.944. The van der Waals surface area contributed by atoms with Gasteiger partial charge in [-0.1, -0.05) is 84.0 Å². The van der Waals surface area contributed by atoms with E-state index in [0.717, 1.165) is 6.42 Å². The molecule has 0 heterocycles. The normalized spacial score (nSPS) is 10.8. The van der Waals surface area contributed by atoms with E-state index in [4.69, 9.17) is 5.73 Å². The van der Waals surface area contributed by atoms with Crippen molar-refractivity contribution < 1.29 is 4.79 Å². The Morgan fingerprint density at radius 1 is 0.773 bits per heavy atom. The van der Waals surface area contributed by atoms with Crippen LogP contribution in [-0.4, -0.2) is 19.2 Å². The summed E-state index contributed by atoms with van der Waals surface area (Å²) in [5.41, 5.74) is 5.28. The van der Waals surface area contributed by atoms with E-state index in [1.165, 1.54) is 77.0 Å². The highest BCUT2D eigenvalue weighted by atomic mass is 16.1. The first-order valence-corrected chi connectivity index (χ1v) is 9.48. The van der Waals surface area contributed by atoms with E-state index in [0.29, 0.717) is 19.8 Å². The molecule has 0 saturated carbocycles. The lowest BCUT2D eigenvalue weighted by molar-refractivity contribution is -0.121. The number of carbonyl (C=O) groups is 1. The van der Waals surface area contributed by atoms with E-state index >= 15 is 0 Å². The summed E-state index contributed by atoms with van der Waals surface area (Å²) < 4.78 is 0. The molecule has 0 bridgehead atoms. The number of unbranched alkanes of at least 4 members (excludes halogenated alkanes) is 12. The lowest BCUT2D eigenvalue weighted by atomic mass is 10.0. The molecule has 1 amide bonds. The number of nitrogens with one attached hydrogen (secondary N) is 2. The highest BCUT2D eigenvalue weighted by Crippen LogP contribution is 2.12. The Kier molecular flexibility index (Phi) is 17.9. The van der Waals surface area contributed by atoms with E-state index in [2.05, 4.69) is 17.6 Å². The van der Waals surface area contributed by atoms with E-state index in [-0.39, 0.29) is 5.91 Å². The summed E-state index contributed by atoms with van der Waals surface area (Å²) in [4.78, 5) is 11.4. The molecular weight excluding hydrogens is 274 g/mol. The minimum Gasteiger partial charge on any atom is -0.344 e. The molecule has 4 N–H and O–H groups in total. The molecule has 4 nitrogen and oxygen atoms in total. The van der Waals surface area contributed by atoms with E-state index < -0.39 is 0 Å². The maximum absolute atomic E-state index is 11.4. The Balaban J connectivity index is 3.06. The predicted octanol–water partition coefficient (Wildman–Crippen LogP) is 4.05. The molecule has 4 heteroatoms. The van der Waals surface area contributed by atoms with Crippen molar-refractivity contribution in [1.29, 1.82) is 0 Å². The summed E-state index contributed by atoms with van der Waals surface area (Å²) in [5.74, 6) is 0.129. The van der Waals surface area contributed by atoms with Gasteiger partial charge in [-0.3, -0.25) is 10.1 Å². The summed E-state index contributed by atoms with van der Waals surface area (Å²) in [7, 11) is 0. The molecule has 0 atom stereocenters. The maximum Gasteiger partial charge on any atom is 0.220 e. The first kappa shape index (κ1) is 21.4. The Labute approximate surface area is 138 Å². The fourth-order valence-corrected chi connectivity index (χ4v) is 2.62. The lowest BCUT2D eigenvalue weighted by Gasteiger charge is -2.05. The van der Waals surface area contributed by atoms with Gasteiger partial charge in [0.05, 0.1) is 6.67 Å². The Hall–Kier alpha value is -0.610. The second-order valence-electron chi connectivity index (χ2n) is 6.22. The van der Waals surface area contributed by atoms with Gasteiger partial charge in [0.15, 0.2) is 0 Å². The van der Waals surface area contributed by atoms with Crippen LogP contribution < -0.4 is 16.4 Å². The Morgan fingerprint density at radius 2 is 1.23 bits per heavy atom. The van der Waals surface area contributed by atoms with Gasteiger partial charge in [0, 0.05) is 13.1 Å². The van der Waals surface area contributed by atoms with Gasteiger partial charge >= 0.3 is 0 Å². The van der Waals surface area contributed by atoms with E-state index in [1.54, 1.807) is 0 Å². The number of carbonyl (C=O) groups excluding carboxylic acids is 1. The van der Waals surface area contributed by atoms with Gasteiger partial charge in [-0.15, -0.1) is 0 Å². The Morgan fingerprint density at radius 3 is 1.68 bits per heavy atom. The molecule has 0 radical (unpaired) electrons. The molecular formula is C18H39N3O. The predicted molar refractivity (Wildman–Crippen MR) is 95.5 cm³/mol. The third-order valence-electron chi connectivity index (χ3n) is 4.06. The van der Waals surface area contributed by atoms with Gasteiger partial charge in [-0.05, 0) is 6.42 Å². The van der Waals surface area contributed by atoms with Crippen LogP contribution in [0.4, 0.5) is 0 Å². The van der Waals surface area contributed by atoms with Crippen molar-refractivity contribution in [3.8, 4) is 0 Å². The molecule has 132 valence electrons. The summed E-state index contributed by atoms with van der Waals surface area (Å²) in [6.07, 6.45) is 18.0. The number of hydrogen-bond acceptors (Lipinski definition) is 3. The van der Waals surface area contributed by atoms with Crippen LogP contribution in [0.5, 0.6) is 0 Å². The first-order chi connectivity index (χ1) is 10.8. The van der Waals surface area contributed by atoms with Gasteiger partial charge in [0.25, 0.3) is 0 Å². The smallest absolute Gasteiger partial charge is 0.220 e. The van der Waals surface area contributed by atoms with Crippen LogP contribution in [0.2, 0.25) is 0 Å². The van der Waals surface area contributed by atoms with Crippen molar-refractivity contribution >= 4 is 5.91 Å². The molecule has 0 aromatic rings. The molecule has 0 aliphatic heterocycles. The molecule has 0 aliphatic carbocycles. The van der Waals surface area contributed by atoms with Crippen LogP contribution in [-0.2, 0) is 4.79 Å². The first-order valence-electron chi connectivity index (χ1n) is 9.48. The molecule has 0 aromatic carbocycles. The second kappa shape index (κ2) is 18.4. The molecule has 0 aromatic heterocycles. The van der Waals surface area contributed by atoms with Crippen LogP contribution in [0, 0.1) is 0 Å². The molecule has 0 rings (SSSR count). The highest BCUT2D eigenvalue weighted by molar-refractivity contribution is 5.75. The lowest BCUT2D eigenvalue weighted by Crippen LogP contribution is -2.36. The quantitative estimate of drug-likeness (QED) is 0.280. The zero-order valence-electron chi connectivity index (χ0n) is 14.8. The standard InChI is InChI=1S/C18H39N3O/c1-2-3-4-5-6-7-8-9-10-11-12-13-14-15-18(22)21-17-20-16-19/h20H,2-17,19H2,1H3,(H,21,22). The molecule has 0 aliphatic rings. The fourth-order valence-electron chi connectivity index (χ4n) is 2.62. The molecule has 0 fully saturated rings. The molecule has 0 spiro atoms.